The van der Waals surface area contributed by atoms with Gasteiger partial charge in [0.15, 0.2) is 5.82 Å². The molecular formula is C21H17F2N3OPt. The number of hydrogen-bond acceptors (Lipinski definition) is 3. The normalized spacial score (nSPS) is 10.9. The van der Waals surface area contributed by atoms with Crippen LogP contribution in [0.5, 0.6) is 0 Å². The van der Waals surface area contributed by atoms with E-state index in [2.05, 4.69) is 21.4 Å². The van der Waals surface area contributed by atoms with Crippen LogP contribution < -0.4 is 0 Å². The topological polar surface area (TPSA) is 57.0 Å². The summed E-state index contributed by atoms with van der Waals surface area (Å²) in [4.78, 5) is 20.6. The molecule has 2 heterocycles. The summed E-state index contributed by atoms with van der Waals surface area (Å²) in [5, 5.41) is 3.70. The van der Waals surface area contributed by atoms with Crippen LogP contribution in [-0.2, 0) is 31.3 Å². The molecule has 0 radical (unpaired) electrons. The molecule has 0 bridgehead atoms. The Bertz CT molecular complexity index is 994. The van der Waals surface area contributed by atoms with Crippen molar-refractivity contribution in [3.05, 3.63) is 77.2 Å². The molecule has 1 aromatic carbocycles. The van der Waals surface area contributed by atoms with Crippen molar-refractivity contribution < 1.29 is 34.6 Å². The van der Waals surface area contributed by atoms with Crippen molar-refractivity contribution in [3.63, 3.8) is 0 Å². The summed E-state index contributed by atoms with van der Waals surface area (Å²) < 4.78 is 28.7. The first-order valence-electron chi connectivity index (χ1n) is 8.30. The van der Waals surface area contributed by atoms with E-state index >= 15 is 0 Å². The number of rotatable bonds is 4. The van der Waals surface area contributed by atoms with Crippen molar-refractivity contribution in [1.82, 2.24) is 9.97 Å². The fourth-order valence-corrected chi connectivity index (χ4v) is 2.68. The Labute approximate surface area is 176 Å². The Kier molecular flexibility index (Phi) is 6.78. The van der Waals surface area contributed by atoms with E-state index in [0.29, 0.717) is 11.3 Å². The minimum atomic E-state index is -0.975. The first-order valence-corrected chi connectivity index (χ1v) is 8.30. The Morgan fingerprint density at radius 3 is 2.39 bits per heavy atom. The van der Waals surface area contributed by atoms with Crippen LogP contribution in [0.25, 0.3) is 28.0 Å². The number of nitrogens with zero attached hydrogens (tertiary/aromatic N) is 3. The second-order valence-electron chi connectivity index (χ2n) is 6.49. The fraction of sp³-hybridized carbons (Fsp3) is 0.190. The van der Waals surface area contributed by atoms with E-state index in [1.807, 2.05) is 0 Å². The summed E-state index contributed by atoms with van der Waals surface area (Å²) in [6, 6.07) is 15.3. The van der Waals surface area contributed by atoms with Crippen molar-refractivity contribution in [1.29, 1.82) is 0 Å². The van der Waals surface area contributed by atoms with E-state index in [4.69, 9.17) is 0 Å². The van der Waals surface area contributed by atoms with Crippen LogP contribution in [0.2, 0.25) is 0 Å². The summed E-state index contributed by atoms with van der Waals surface area (Å²) in [6.07, 6.45) is 0. The average Bonchev–Trinajstić information content (AvgIpc) is 2.68. The van der Waals surface area contributed by atoms with E-state index in [9.17, 15) is 13.6 Å². The van der Waals surface area contributed by atoms with E-state index in [1.165, 1.54) is 7.05 Å². The molecule has 4 nitrogen and oxygen atoms in total. The van der Waals surface area contributed by atoms with E-state index in [-0.39, 0.29) is 44.1 Å². The molecular weight excluding hydrogens is 543 g/mol. The van der Waals surface area contributed by atoms with Gasteiger partial charge in [-0.25, -0.2) is 8.78 Å². The van der Waals surface area contributed by atoms with Crippen molar-refractivity contribution in [2.45, 2.75) is 19.3 Å². The quantitative estimate of drug-likeness (QED) is 0.435. The van der Waals surface area contributed by atoms with E-state index in [1.54, 1.807) is 56.3 Å². The average molecular weight is 560 g/mol. The van der Waals surface area contributed by atoms with Gasteiger partial charge in [0.25, 0.3) is 0 Å². The molecule has 0 fully saturated rings. The monoisotopic (exact) mass is 560 g/mol. The fourth-order valence-electron chi connectivity index (χ4n) is 2.68. The predicted octanol–water partition coefficient (Wildman–Crippen LogP) is 4.69. The van der Waals surface area contributed by atoms with Crippen molar-refractivity contribution in [3.8, 4) is 22.6 Å². The minimum absolute atomic E-state index is 0. The number of aromatic nitrogens is 2. The van der Waals surface area contributed by atoms with Crippen LogP contribution in [-0.4, -0.2) is 22.9 Å². The molecule has 2 aromatic heterocycles. The standard InChI is InChI=1S/C21H18F2N3O.Pt/c1-21(2,20(27)24-3)17-11-7-10-16(25-17)19-15(23)12-14(22)18(26-19)13-8-5-4-6-9-13;/h4-8,10-12H,1-3H3,(H,24,27);/q-1;+2/p-1. The molecule has 1 amide bonds. The Balaban J connectivity index is 0.00000280. The third kappa shape index (κ3) is 4.17. The molecule has 146 valence electrons. The number of benzene rings is 1. The molecule has 28 heavy (non-hydrogen) atoms. The van der Waals surface area contributed by atoms with Crippen LogP contribution in [0.1, 0.15) is 19.5 Å². The van der Waals surface area contributed by atoms with Gasteiger partial charge in [0.2, 0.25) is 0 Å². The van der Waals surface area contributed by atoms with Gasteiger partial charge >= 0.3 is 21.1 Å². The smallest absolute Gasteiger partial charge is 0.655 e. The van der Waals surface area contributed by atoms with Crippen molar-refractivity contribution >= 4 is 5.91 Å². The molecule has 0 aliphatic heterocycles. The molecule has 0 aliphatic carbocycles. The SMILES string of the molecule is C[N-]C(=O)C(C)(C)c1cccc(-c2nc(-c3[c-]cccc3)c(F)cc2F)n1.[Pt+2]. The van der Waals surface area contributed by atoms with Crippen molar-refractivity contribution in [2.75, 3.05) is 7.05 Å². The molecule has 0 saturated heterocycles. The third-order valence-corrected chi connectivity index (χ3v) is 4.26. The number of pyridine rings is 2. The van der Waals surface area contributed by atoms with Gasteiger partial charge in [0, 0.05) is 17.2 Å². The second-order valence-corrected chi connectivity index (χ2v) is 6.49. The van der Waals surface area contributed by atoms with Gasteiger partial charge in [-0.1, -0.05) is 6.07 Å². The summed E-state index contributed by atoms with van der Waals surface area (Å²) in [7, 11) is 1.41. The number of carbonyl (C=O) groups is 1. The van der Waals surface area contributed by atoms with Crippen LogP contribution in [0, 0.1) is 17.7 Å². The van der Waals surface area contributed by atoms with Crippen LogP contribution in [0.4, 0.5) is 8.78 Å². The first kappa shape index (κ1) is 21.8. The molecule has 3 aromatic rings. The zero-order chi connectivity index (χ0) is 19.6. The Hall–Kier alpha value is -2.46. The van der Waals surface area contributed by atoms with Gasteiger partial charge in [0.1, 0.15) is 11.5 Å². The van der Waals surface area contributed by atoms with Crippen LogP contribution in [0.15, 0.2) is 48.5 Å². The number of likely N-dealkylation sites (N-methyl/N-ethyl adjacent to an activating group) is 1. The largest absolute Gasteiger partial charge is 2.00 e. The predicted molar refractivity (Wildman–Crippen MR) is 99.0 cm³/mol. The minimum Gasteiger partial charge on any atom is -0.655 e. The Morgan fingerprint density at radius 2 is 1.75 bits per heavy atom. The van der Waals surface area contributed by atoms with E-state index in [0.717, 1.165) is 6.07 Å². The van der Waals surface area contributed by atoms with Gasteiger partial charge in [-0.15, -0.1) is 42.9 Å². The van der Waals surface area contributed by atoms with Gasteiger partial charge in [-0.3, -0.25) is 9.97 Å². The summed E-state index contributed by atoms with van der Waals surface area (Å²) in [5.74, 6) is -1.96. The molecule has 0 N–H and O–H groups in total. The first-order chi connectivity index (χ1) is 12.8. The number of hydrogen-bond donors (Lipinski definition) is 0. The summed E-state index contributed by atoms with van der Waals surface area (Å²) in [6.45, 7) is 3.38. The molecule has 0 aliphatic rings. The van der Waals surface area contributed by atoms with Gasteiger partial charge in [-0.05, 0) is 26.0 Å². The van der Waals surface area contributed by atoms with Crippen LogP contribution >= 0.6 is 0 Å². The molecule has 0 unspecified atom stereocenters. The molecule has 0 saturated carbocycles. The molecule has 7 heteroatoms. The number of carbonyl (C=O) groups excluding carboxylic acids is 1. The van der Waals surface area contributed by atoms with Gasteiger partial charge in [0.05, 0.1) is 17.3 Å². The second kappa shape index (κ2) is 8.70. The zero-order valence-corrected chi connectivity index (χ0v) is 17.7. The maximum atomic E-state index is 14.4. The Morgan fingerprint density at radius 1 is 1.04 bits per heavy atom. The van der Waals surface area contributed by atoms with Crippen molar-refractivity contribution in [2.24, 2.45) is 0 Å². The van der Waals surface area contributed by atoms with Gasteiger partial charge in [-0.2, -0.15) is 0 Å². The number of amides is 1. The van der Waals surface area contributed by atoms with E-state index < -0.39 is 17.0 Å². The van der Waals surface area contributed by atoms with Gasteiger partial charge < -0.3 is 10.1 Å². The summed E-state index contributed by atoms with van der Waals surface area (Å²) in [5.41, 5.74) is -0.0433. The van der Waals surface area contributed by atoms with Crippen LogP contribution in [0.3, 0.4) is 0 Å². The zero-order valence-electron chi connectivity index (χ0n) is 15.4. The molecule has 0 spiro atoms. The molecule has 0 atom stereocenters. The third-order valence-electron chi connectivity index (χ3n) is 4.26. The maximum Gasteiger partial charge on any atom is 2.00 e. The molecule has 3 rings (SSSR count). The number of halogens is 2. The maximum absolute atomic E-state index is 14.4. The summed E-state index contributed by atoms with van der Waals surface area (Å²) >= 11 is 0.